The summed E-state index contributed by atoms with van der Waals surface area (Å²) in [5.74, 6) is 0.412. The maximum Gasteiger partial charge on any atom is 0.262 e. The highest BCUT2D eigenvalue weighted by molar-refractivity contribution is 6.05. The molecule has 0 spiro atoms. The average Bonchev–Trinajstić information content (AvgIpc) is 3.14. The summed E-state index contributed by atoms with van der Waals surface area (Å²) in [5, 5.41) is 5.51. The Morgan fingerprint density at radius 1 is 1.17 bits per heavy atom. The summed E-state index contributed by atoms with van der Waals surface area (Å²) >= 11 is 0. The number of carbonyl (C=O) groups excluding carboxylic acids is 3. The molecule has 0 unspecified atom stereocenters. The van der Waals surface area contributed by atoms with E-state index in [1.807, 2.05) is 0 Å². The molecule has 2 aliphatic heterocycles. The van der Waals surface area contributed by atoms with Crippen LogP contribution in [0.25, 0.3) is 0 Å². The lowest BCUT2D eigenvalue weighted by molar-refractivity contribution is -0.122. The van der Waals surface area contributed by atoms with Crippen LogP contribution < -0.4 is 29.7 Å². The number of ether oxygens (including phenoxy) is 3. The van der Waals surface area contributed by atoms with Gasteiger partial charge in [0.25, 0.3) is 5.91 Å². The molecule has 0 aromatic heterocycles. The van der Waals surface area contributed by atoms with Crippen molar-refractivity contribution in [1.82, 2.24) is 0 Å². The molecule has 9 nitrogen and oxygen atoms in total. The van der Waals surface area contributed by atoms with Crippen LogP contribution in [0.5, 0.6) is 17.2 Å². The van der Waals surface area contributed by atoms with Gasteiger partial charge in [-0.05, 0) is 30.3 Å². The van der Waals surface area contributed by atoms with Crippen LogP contribution in [0, 0.1) is 5.92 Å². The van der Waals surface area contributed by atoms with E-state index in [2.05, 4.69) is 10.6 Å². The van der Waals surface area contributed by atoms with Crippen molar-refractivity contribution in [3.8, 4) is 17.2 Å². The van der Waals surface area contributed by atoms with Gasteiger partial charge in [0, 0.05) is 24.7 Å². The van der Waals surface area contributed by atoms with Gasteiger partial charge in [0.05, 0.1) is 31.5 Å². The second kappa shape index (κ2) is 7.94. The highest BCUT2D eigenvalue weighted by Gasteiger charge is 2.36. The third kappa shape index (κ3) is 3.73. The zero-order chi connectivity index (χ0) is 21.3. The highest BCUT2D eigenvalue weighted by atomic mass is 16.5. The summed E-state index contributed by atoms with van der Waals surface area (Å²) in [6, 6.07) is 10.2. The van der Waals surface area contributed by atoms with Crippen molar-refractivity contribution in [1.29, 1.82) is 0 Å². The molecule has 1 atom stereocenters. The van der Waals surface area contributed by atoms with E-state index in [-0.39, 0.29) is 37.3 Å². The fourth-order valence-electron chi connectivity index (χ4n) is 3.53. The van der Waals surface area contributed by atoms with E-state index in [0.717, 1.165) is 0 Å². The molecule has 0 saturated carbocycles. The Morgan fingerprint density at radius 3 is 2.77 bits per heavy atom. The van der Waals surface area contributed by atoms with Crippen LogP contribution in [-0.2, 0) is 14.4 Å². The summed E-state index contributed by atoms with van der Waals surface area (Å²) in [5.41, 5.74) is 1.56. The van der Waals surface area contributed by atoms with Gasteiger partial charge in [-0.25, -0.2) is 0 Å². The zero-order valence-corrected chi connectivity index (χ0v) is 16.6. The van der Waals surface area contributed by atoms with Crippen molar-refractivity contribution < 1.29 is 28.6 Å². The van der Waals surface area contributed by atoms with Gasteiger partial charge in [0.1, 0.15) is 17.2 Å². The topological polar surface area (TPSA) is 106 Å². The first-order valence-corrected chi connectivity index (χ1v) is 9.38. The number of nitrogens with zero attached hydrogens (tertiary/aromatic N) is 1. The van der Waals surface area contributed by atoms with E-state index in [0.29, 0.717) is 34.3 Å². The molecule has 9 heteroatoms. The Labute approximate surface area is 172 Å². The maximum absolute atomic E-state index is 12.8. The molecule has 0 bridgehead atoms. The fraction of sp³-hybridized carbons (Fsp3) is 0.286. The summed E-state index contributed by atoms with van der Waals surface area (Å²) in [6.07, 6.45) is 0.0803. The Morgan fingerprint density at radius 2 is 2.00 bits per heavy atom. The first kappa shape index (κ1) is 19.6. The third-order valence-corrected chi connectivity index (χ3v) is 5.05. The van der Waals surface area contributed by atoms with E-state index in [1.54, 1.807) is 43.5 Å². The molecule has 1 saturated heterocycles. The van der Waals surface area contributed by atoms with E-state index in [1.165, 1.54) is 12.0 Å². The lowest BCUT2D eigenvalue weighted by Crippen LogP contribution is -2.28. The van der Waals surface area contributed by atoms with Crippen LogP contribution >= 0.6 is 0 Å². The minimum absolute atomic E-state index is 0.0353. The molecule has 0 aliphatic carbocycles. The van der Waals surface area contributed by atoms with Crippen molar-refractivity contribution in [2.45, 2.75) is 6.42 Å². The zero-order valence-electron chi connectivity index (χ0n) is 16.6. The minimum atomic E-state index is -0.532. The molecule has 4 rings (SSSR count). The SMILES string of the molecule is COc1ccc(OC)c(N2C[C@H](C(=O)Nc3ccc4c(c3)NC(=O)CO4)CC2=O)c1. The second-order valence-electron chi connectivity index (χ2n) is 6.98. The van der Waals surface area contributed by atoms with Crippen molar-refractivity contribution in [2.24, 2.45) is 5.92 Å². The number of rotatable bonds is 5. The summed E-state index contributed by atoms with van der Waals surface area (Å²) in [4.78, 5) is 38.4. The molecule has 1 fully saturated rings. The second-order valence-corrected chi connectivity index (χ2v) is 6.98. The van der Waals surface area contributed by atoms with Gasteiger partial charge in [-0.3, -0.25) is 14.4 Å². The summed E-state index contributed by atoms with van der Waals surface area (Å²) in [7, 11) is 3.06. The van der Waals surface area contributed by atoms with Gasteiger partial charge in [0.15, 0.2) is 6.61 Å². The number of fused-ring (bicyclic) bond motifs is 1. The summed E-state index contributed by atoms with van der Waals surface area (Å²) < 4.78 is 15.9. The van der Waals surface area contributed by atoms with E-state index in [4.69, 9.17) is 14.2 Å². The Hall–Kier alpha value is -3.75. The Balaban J connectivity index is 1.49. The van der Waals surface area contributed by atoms with Crippen molar-refractivity contribution in [2.75, 3.05) is 42.9 Å². The van der Waals surface area contributed by atoms with Crippen molar-refractivity contribution in [3.05, 3.63) is 36.4 Å². The number of methoxy groups -OCH3 is 2. The average molecular weight is 411 g/mol. The van der Waals surface area contributed by atoms with E-state index >= 15 is 0 Å². The molecule has 2 heterocycles. The van der Waals surface area contributed by atoms with Gasteiger partial charge in [0.2, 0.25) is 11.8 Å². The smallest absolute Gasteiger partial charge is 0.262 e. The monoisotopic (exact) mass is 411 g/mol. The maximum atomic E-state index is 12.8. The Bertz CT molecular complexity index is 1020. The Kier molecular flexibility index (Phi) is 5.18. The van der Waals surface area contributed by atoms with Crippen LogP contribution in [0.4, 0.5) is 17.1 Å². The first-order chi connectivity index (χ1) is 14.5. The molecule has 2 aliphatic rings. The lowest BCUT2D eigenvalue weighted by atomic mass is 10.1. The van der Waals surface area contributed by atoms with Gasteiger partial charge in [-0.1, -0.05) is 0 Å². The van der Waals surface area contributed by atoms with Gasteiger partial charge >= 0.3 is 0 Å². The highest BCUT2D eigenvalue weighted by Crippen LogP contribution is 2.36. The number of hydrogen-bond donors (Lipinski definition) is 2. The molecule has 2 aromatic carbocycles. The van der Waals surface area contributed by atoms with Crippen LogP contribution in [0.15, 0.2) is 36.4 Å². The quantitative estimate of drug-likeness (QED) is 0.780. The van der Waals surface area contributed by atoms with Crippen molar-refractivity contribution >= 4 is 34.8 Å². The predicted octanol–water partition coefficient (Wildman–Crippen LogP) is 2.03. The first-order valence-electron chi connectivity index (χ1n) is 9.38. The number of carbonyl (C=O) groups is 3. The predicted molar refractivity (Wildman–Crippen MR) is 109 cm³/mol. The molecule has 2 N–H and O–H groups in total. The molecule has 30 heavy (non-hydrogen) atoms. The van der Waals surface area contributed by atoms with Crippen LogP contribution in [0.2, 0.25) is 0 Å². The minimum Gasteiger partial charge on any atom is -0.497 e. The molecular formula is C21H21N3O6. The van der Waals surface area contributed by atoms with Crippen LogP contribution in [0.3, 0.4) is 0 Å². The molecule has 0 radical (unpaired) electrons. The number of amides is 3. The normalized spacial score (nSPS) is 17.7. The van der Waals surface area contributed by atoms with Gasteiger partial charge < -0.3 is 29.7 Å². The molecule has 156 valence electrons. The fourth-order valence-corrected chi connectivity index (χ4v) is 3.53. The third-order valence-electron chi connectivity index (χ3n) is 5.05. The van der Waals surface area contributed by atoms with Gasteiger partial charge in [-0.2, -0.15) is 0 Å². The lowest BCUT2D eigenvalue weighted by Gasteiger charge is -2.21. The number of anilines is 3. The van der Waals surface area contributed by atoms with Crippen molar-refractivity contribution in [3.63, 3.8) is 0 Å². The number of nitrogens with one attached hydrogen (secondary N) is 2. The number of hydrogen-bond acceptors (Lipinski definition) is 6. The molecular weight excluding hydrogens is 390 g/mol. The van der Waals surface area contributed by atoms with Gasteiger partial charge in [-0.15, -0.1) is 0 Å². The molecule has 3 amide bonds. The van der Waals surface area contributed by atoms with E-state index in [9.17, 15) is 14.4 Å². The largest absolute Gasteiger partial charge is 0.497 e. The number of benzene rings is 2. The van der Waals surface area contributed by atoms with Crippen LogP contribution in [0.1, 0.15) is 6.42 Å². The standard InChI is InChI=1S/C21H21N3O6/c1-28-14-4-6-18(29-2)16(9-14)24-10-12(7-20(24)26)21(27)22-13-3-5-17-15(8-13)23-19(25)11-30-17/h3-6,8-9,12H,7,10-11H2,1-2H3,(H,22,27)(H,23,25)/t12-/m1/s1. The van der Waals surface area contributed by atoms with E-state index < -0.39 is 5.92 Å². The molecule has 2 aromatic rings. The van der Waals surface area contributed by atoms with Crippen LogP contribution in [-0.4, -0.2) is 45.1 Å². The summed E-state index contributed by atoms with van der Waals surface area (Å²) in [6.45, 7) is 0.186.